The highest BCUT2D eigenvalue weighted by molar-refractivity contribution is 6.01. The monoisotopic (exact) mass is 270 g/mol. The van der Waals surface area contributed by atoms with Crippen LogP contribution in [0.25, 0.3) is 0 Å². The van der Waals surface area contributed by atoms with Gasteiger partial charge in [-0.3, -0.25) is 9.59 Å². The van der Waals surface area contributed by atoms with E-state index in [9.17, 15) is 9.59 Å². The molecule has 1 aliphatic rings. The molecule has 0 saturated carbocycles. The largest absolute Gasteiger partial charge is 0.380 e. The molecule has 0 aromatic heterocycles. The molecular weight excluding hydrogens is 244 g/mol. The normalized spacial score (nSPS) is 21.4. The molecular formula is C14H26N2O3. The van der Waals surface area contributed by atoms with E-state index in [0.29, 0.717) is 32.6 Å². The smallest absolute Gasteiger partial charge is 0.248 e. The Balaban J connectivity index is 3.05. The summed E-state index contributed by atoms with van der Waals surface area (Å²) in [7, 11) is 0. The minimum Gasteiger partial charge on any atom is -0.380 e. The van der Waals surface area contributed by atoms with E-state index in [0.717, 1.165) is 0 Å². The summed E-state index contributed by atoms with van der Waals surface area (Å²) in [6.07, 6.45) is 1.23. The highest BCUT2D eigenvalue weighted by Gasteiger charge is 2.53. The van der Waals surface area contributed by atoms with Gasteiger partial charge in [0, 0.05) is 13.2 Å². The van der Waals surface area contributed by atoms with Crippen molar-refractivity contribution in [3.63, 3.8) is 0 Å². The van der Waals surface area contributed by atoms with Crippen molar-refractivity contribution >= 4 is 11.8 Å². The van der Waals surface area contributed by atoms with Gasteiger partial charge in [0.1, 0.15) is 11.1 Å². The van der Waals surface area contributed by atoms with Gasteiger partial charge in [0.25, 0.3) is 0 Å². The Morgan fingerprint density at radius 1 is 1.16 bits per heavy atom. The first kappa shape index (κ1) is 16.0. The van der Waals surface area contributed by atoms with Crippen molar-refractivity contribution in [3.05, 3.63) is 0 Å². The van der Waals surface area contributed by atoms with Gasteiger partial charge in [-0.25, -0.2) is 0 Å². The lowest BCUT2D eigenvalue weighted by Crippen LogP contribution is -2.74. The highest BCUT2D eigenvalue weighted by Crippen LogP contribution is 2.31. The predicted molar refractivity (Wildman–Crippen MR) is 73.7 cm³/mol. The summed E-state index contributed by atoms with van der Waals surface area (Å²) in [6, 6.07) is 0. The van der Waals surface area contributed by atoms with Crippen molar-refractivity contribution in [1.29, 1.82) is 0 Å². The zero-order valence-electron chi connectivity index (χ0n) is 12.7. The first-order valence-electron chi connectivity index (χ1n) is 7.08. The van der Waals surface area contributed by atoms with E-state index in [2.05, 4.69) is 5.32 Å². The Morgan fingerprint density at radius 2 is 1.74 bits per heavy atom. The average Bonchev–Trinajstić information content (AvgIpc) is 2.36. The van der Waals surface area contributed by atoms with Gasteiger partial charge in [-0.05, 0) is 33.6 Å². The molecule has 1 rings (SSSR count). The Labute approximate surface area is 115 Å². The third kappa shape index (κ3) is 2.76. The maximum atomic E-state index is 12.6. The fraction of sp³-hybridized carbons (Fsp3) is 0.857. The minimum atomic E-state index is -0.836. The Kier molecular flexibility index (Phi) is 4.96. The molecule has 1 fully saturated rings. The van der Waals surface area contributed by atoms with Gasteiger partial charge >= 0.3 is 0 Å². The molecule has 5 heteroatoms. The fourth-order valence-corrected chi connectivity index (χ4v) is 2.68. The van der Waals surface area contributed by atoms with Crippen LogP contribution in [0.15, 0.2) is 0 Å². The minimum absolute atomic E-state index is 0.0319. The second-order valence-corrected chi connectivity index (χ2v) is 5.47. The van der Waals surface area contributed by atoms with Crippen molar-refractivity contribution in [1.82, 2.24) is 10.2 Å². The number of nitrogens with zero attached hydrogens (tertiary/aromatic N) is 1. The van der Waals surface area contributed by atoms with Gasteiger partial charge in [0.15, 0.2) is 0 Å². The number of hydrogen-bond donors (Lipinski definition) is 1. The molecule has 0 atom stereocenters. The van der Waals surface area contributed by atoms with Crippen molar-refractivity contribution in [2.45, 2.75) is 58.5 Å². The maximum absolute atomic E-state index is 12.6. The molecule has 19 heavy (non-hydrogen) atoms. The van der Waals surface area contributed by atoms with Crippen LogP contribution in [0.3, 0.4) is 0 Å². The van der Waals surface area contributed by atoms with Gasteiger partial charge in [0.2, 0.25) is 11.8 Å². The van der Waals surface area contributed by atoms with E-state index >= 15 is 0 Å². The number of ether oxygens (including phenoxy) is 1. The SMILES string of the molecule is CCOCCN1C(=O)C(C)(C)NC(=O)C1(CC)CC. The molecule has 1 aliphatic heterocycles. The van der Waals surface area contributed by atoms with Crippen LogP contribution in [-0.2, 0) is 14.3 Å². The van der Waals surface area contributed by atoms with Gasteiger partial charge in [-0.2, -0.15) is 0 Å². The quantitative estimate of drug-likeness (QED) is 0.741. The molecule has 0 aromatic carbocycles. The van der Waals surface area contributed by atoms with Gasteiger partial charge in [0.05, 0.1) is 6.61 Å². The average molecular weight is 270 g/mol. The van der Waals surface area contributed by atoms with Gasteiger partial charge < -0.3 is 15.0 Å². The number of amides is 2. The molecule has 2 amide bonds. The lowest BCUT2D eigenvalue weighted by molar-refractivity contribution is -0.163. The molecule has 1 saturated heterocycles. The predicted octanol–water partition coefficient (Wildman–Crippen LogP) is 1.32. The van der Waals surface area contributed by atoms with E-state index in [4.69, 9.17) is 4.74 Å². The molecule has 0 unspecified atom stereocenters. The number of carbonyl (C=O) groups is 2. The summed E-state index contributed by atoms with van der Waals surface area (Å²) in [5.41, 5.74) is -1.57. The zero-order valence-corrected chi connectivity index (χ0v) is 12.7. The van der Waals surface area contributed by atoms with Crippen LogP contribution in [-0.4, -0.2) is 47.6 Å². The fourth-order valence-electron chi connectivity index (χ4n) is 2.68. The molecule has 5 nitrogen and oxygen atoms in total. The van der Waals surface area contributed by atoms with E-state index in [-0.39, 0.29) is 11.8 Å². The van der Waals surface area contributed by atoms with Crippen molar-refractivity contribution in [2.75, 3.05) is 19.8 Å². The topological polar surface area (TPSA) is 58.6 Å². The number of nitrogens with one attached hydrogen (secondary N) is 1. The molecule has 0 spiro atoms. The summed E-state index contributed by atoms with van der Waals surface area (Å²) in [6.45, 7) is 10.8. The molecule has 0 bridgehead atoms. The summed E-state index contributed by atoms with van der Waals surface area (Å²) in [4.78, 5) is 26.7. The van der Waals surface area contributed by atoms with E-state index < -0.39 is 11.1 Å². The molecule has 1 heterocycles. The van der Waals surface area contributed by atoms with Crippen molar-refractivity contribution in [2.24, 2.45) is 0 Å². The van der Waals surface area contributed by atoms with E-state index in [1.165, 1.54) is 0 Å². The first-order valence-corrected chi connectivity index (χ1v) is 7.08. The number of hydrogen-bond acceptors (Lipinski definition) is 3. The van der Waals surface area contributed by atoms with Crippen LogP contribution in [0.1, 0.15) is 47.5 Å². The number of piperazine rings is 1. The Bertz CT molecular complexity index is 349. The van der Waals surface area contributed by atoms with E-state index in [1.54, 1.807) is 18.7 Å². The van der Waals surface area contributed by atoms with Crippen molar-refractivity contribution in [3.8, 4) is 0 Å². The summed E-state index contributed by atoms with van der Waals surface area (Å²) >= 11 is 0. The zero-order chi connectivity index (χ0) is 14.7. The standard InChI is InChI=1S/C14H26N2O3/c1-6-14(7-2)11(17)15-13(4,5)12(18)16(14)9-10-19-8-3/h6-10H2,1-5H3,(H,15,17). The third-order valence-electron chi connectivity index (χ3n) is 3.98. The third-order valence-corrected chi connectivity index (χ3v) is 3.98. The lowest BCUT2D eigenvalue weighted by Gasteiger charge is -2.50. The lowest BCUT2D eigenvalue weighted by atomic mass is 9.83. The first-order chi connectivity index (χ1) is 8.85. The Morgan fingerprint density at radius 3 is 2.21 bits per heavy atom. The number of carbonyl (C=O) groups excluding carboxylic acids is 2. The Hall–Kier alpha value is -1.10. The molecule has 1 N–H and O–H groups in total. The maximum Gasteiger partial charge on any atom is 0.248 e. The van der Waals surface area contributed by atoms with E-state index in [1.807, 2.05) is 20.8 Å². The van der Waals surface area contributed by atoms with Crippen LogP contribution >= 0.6 is 0 Å². The number of rotatable bonds is 6. The molecule has 0 aliphatic carbocycles. The molecule has 110 valence electrons. The molecule has 0 radical (unpaired) electrons. The van der Waals surface area contributed by atoms with Crippen LogP contribution in [0, 0.1) is 0 Å². The van der Waals surface area contributed by atoms with Crippen LogP contribution in [0.5, 0.6) is 0 Å². The summed E-state index contributed by atoms with van der Waals surface area (Å²) in [5, 5.41) is 2.85. The van der Waals surface area contributed by atoms with Crippen LogP contribution < -0.4 is 5.32 Å². The van der Waals surface area contributed by atoms with Gasteiger partial charge in [-0.15, -0.1) is 0 Å². The second-order valence-electron chi connectivity index (χ2n) is 5.47. The summed E-state index contributed by atoms with van der Waals surface area (Å²) in [5.74, 6) is -0.0888. The van der Waals surface area contributed by atoms with Crippen molar-refractivity contribution < 1.29 is 14.3 Å². The highest BCUT2D eigenvalue weighted by atomic mass is 16.5. The van der Waals surface area contributed by atoms with Crippen LogP contribution in [0.4, 0.5) is 0 Å². The van der Waals surface area contributed by atoms with Crippen LogP contribution in [0.2, 0.25) is 0 Å². The van der Waals surface area contributed by atoms with Gasteiger partial charge in [-0.1, -0.05) is 13.8 Å². The summed E-state index contributed by atoms with van der Waals surface area (Å²) < 4.78 is 5.34. The second kappa shape index (κ2) is 5.90. The molecule has 0 aromatic rings.